The summed E-state index contributed by atoms with van der Waals surface area (Å²) in [4.78, 5) is 27.8. The van der Waals surface area contributed by atoms with E-state index in [0.29, 0.717) is 11.4 Å². The zero-order valence-corrected chi connectivity index (χ0v) is 13.1. The Kier molecular flexibility index (Phi) is 4.55. The van der Waals surface area contributed by atoms with Gasteiger partial charge in [0.15, 0.2) is 12.3 Å². The van der Waals surface area contributed by atoms with E-state index in [4.69, 9.17) is 9.26 Å². The van der Waals surface area contributed by atoms with Crippen LogP contribution in [0.5, 0.6) is 0 Å². The number of ether oxygens (including phenoxy) is 1. The Balaban J connectivity index is 1.63. The summed E-state index contributed by atoms with van der Waals surface area (Å²) in [6.45, 7) is 1.20. The molecule has 0 bridgehead atoms. The molecule has 2 aromatic heterocycles. The van der Waals surface area contributed by atoms with Crippen LogP contribution in [-0.2, 0) is 9.53 Å². The molecule has 0 aliphatic heterocycles. The minimum absolute atomic E-state index is 0.106. The highest BCUT2D eigenvalue weighted by Gasteiger charge is 2.17. The Morgan fingerprint density at radius 2 is 2.08 bits per heavy atom. The fraction of sp³-hybridized carbons (Fsp3) is 0.125. The van der Waals surface area contributed by atoms with E-state index in [1.54, 1.807) is 6.92 Å². The summed E-state index contributed by atoms with van der Waals surface area (Å²) in [5.41, 5.74) is 1.25. The van der Waals surface area contributed by atoms with Crippen molar-refractivity contribution in [1.82, 2.24) is 14.7 Å². The summed E-state index contributed by atoms with van der Waals surface area (Å²) in [7, 11) is 0. The maximum absolute atomic E-state index is 13.0. The predicted octanol–water partition coefficient (Wildman–Crippen LogP) is 2.10. The third-order valence-electron chi connectivity index (χ3n) is 3.18. The van der Waals surface area contributed by atoms with Gasteiger partial charge in [-0.25, -0.2) is 14.2 Å². The molecule has 8 nitrogen and oxygen atoms in total. The number of imidazole rings is 1. The standard InChI is InChI=1S/C16H13FN4O4/c1-10-6-15(25-20-10)19-14(22)8-24-16(23)13-7-18-9-21(13)12-4-2-11(17)3-5-12/h2-7,9H,8H2,1H3,(H,19,22). The molecule has 0 fully saturated rings. The van der Waals surface area contributed by atoms with Crippen molar-refractivity contribution in [3.63, 3.8) is 0 Å². The van der Waals surface area contributed by atoms with E-state index >= 15 is 0 Å². The Labute approximate surface area is 141 Å². The number of benzene rings is 1. The summed E-state index contributed by atoms with van der Waals surface area (Å²) >= 11 is 0. The second-order valence-electron chi connectivity index (χ2n) is 5.08. The molecule has 3 rings (SSSR count). The van der Waals surface area contributed by atoms with Gasteiger partial charge in [0, 0.05) is 11.8 Å². The maximum Gasteiger partial charge on any atom is 0.357 e. The summed E-state index contributed by atoms with van der Waals surface area (Å²) in [6.07, 6.45) is 2.69. The minimum Gasteiger partial charge on any atom is -0.451 e. The molecule has 0 spiro atoms. The van der Waals surface area contributed by atoms with Crippen LogP contribution in [0, 0.1) is 12.7 Å². The number of amides is 1. The molecular weight excluding hydrogens is 331 g/mol. The third-order valence-corrected chi connectivity index (χ3v) is 3.18. The average Bonchev–Trinajstić information content (AvgIpc) is 3.22. The number of hydrogen-bond donors (Lipinski definition) is 1. The van der Waals surface area contributed by atoms with Gasteiger partial charge < -0.3 is 9.26 Å². The molecule has 0 atom stereocenters. The number of anilines is 1. The number of carbonyl (C=O) groups excluding carboxylic acids is 2. The number of aryl methyl sites for hydroxylation is 1. The van der Waals surface area contributed by atoms with E-state index in [1.807, 2.05) is 0 Å². The highest BCUT2D eigenvalue weighted by Crippen LogP contribution is 2.13. The first-order chi connectivity index (χ1) is 12.0. The van der Waals surface area contributed by atoms with Gasteiger partial charge in [-0.2, -0.15) is 0 Å². The second kappa shape index (κ2) is 6.95. The molecule has 2 heterocycles. The Morgan fingerprint density at radius 1 is 1.32 bits per heavy atom. The van der Waals surface area contributed by atoms with Gasteiger partial charge in [0.05, 0.1) is 18.2 Å². The van der Waals surface area contributed by atoms with E-state index in [9.17, 15) is 14.0 Å². The molecular formula is C16H13FN4O4. The molecule has 1 N–H and O–H groups in total. The number of halogens is 1. The highest BCUT2D eigenvalue weighted by atomic mass is 19.1. The van der Waals surface area contributed by atoms with Gasteiger partial charge >= 0.3 is 5.97 Å². The molecule has 1 amide bonds. The number of hydrogen-bond acceptors (Lipinski definition) is 6. The summed E-state index contributed by atoms with van der Waals surface area (Å²) in [5.74, 6) is -1.55. The van der Waals surface area contributed by atoms with Crippen LogP contribution in [0.4, 0.5) is 10.3 Å². The van der Waals surface area contributed by atoms with Gasteiger partial charge in [-0.15, -0.1) is 0 Å². The summed E-state index contributed by atoms with van der Waals surface area (Å²) in [6, 6.07) is 7.04. The molecule has 0 aliphatic rings. The lowest BCUT2D eigenvalue weighted by molar-refractivity contribution is -0.119. The third kappa shape index (κ3) is 3.89. The van der Waals surface area contributed by atoms with E-state index < -0.39 is 24.3 Å². The SMILES string of the molecule is Cc1cc(NC(=O)COC(=O)c2cncn2-c2ccc(F)cc2)on1. The molecule has 0 saturated heterocycles. The van der Waals surface area contributed by atoms with E-state index in [2.05, 4.69) is 15.5 Å². The van der Waals surface area contributed by atoms with Gasteiger partial charge in [0.1, 0.15) is 5.82 Å². The molecule has 0 aliphatic carbocycles. The van der Waals surface area contributed by atoms with Gasteiger partial charge in [-0.1, -0.05) is 5.16 Å². The second-order valence-corrected chi connectivity index (χ2v) is 5.08. The Bertz CT molecular complexity index is 901. The van der Waals surface area contributed by atoms with Crippen LogP contribution in [0.25, 0.3) is 5.69 Å². The van der Waals surface area contributed by atoms with Crippen LogP contribution in [0.3, 0.4) is 0 Å². The predicted molar refractivity (Wildman–Crippen MR) is 83.7 cm³/mol. The van der Waals surface area contributed by atoms with Gasteiger partial charge in [-0.3, -0.25) is 14.7 Å². The van der Waals surface area contributed by atoms with Crippen LogP contribution >= 0.6 is 0 Å². The molecule has 0 unspecified atom stereocenters. The number of nitrogens with zero attached hydrogens (tertiary/aromatic N) is 3. The van der Waals surface area contributed by atoms with Crippen molar-refractivity contribution in [2.75, 3.05) is 11.9 Å². The summed E-state index contributed by atoms with van der Waals surface area (Å²) < 4.78 is 24.2. The molecule has 0 saturated carbocycles. The van der Waals surface area contributed by atoms with Crippen molar-refractivity contribution < 1.29 is 23.2 Å². The Morgan fingerprint density at radius 3 is 2.76 bits per heavy atom. The fourth-order valence-electron chi connectivity index (χ4n) is 2.05. The van der Waals surface area contributed by atoms with Gasteiger partial charge in [0.25, 0.3) is 5.91 Å². The summed E-state index contributed by atoms with van der Waals surface area (Å²) in [5, 5.41) is 6.03. The van der Waals surface area contributed by atoms with Gasteiger partial charge in [0.2, 0.25) is 5.88 Å². The number of rotatable bonds is 5. The molecule has 1 aromatic carbocycles. The first-order valence-electron chi connectivity index (χ1n) is 7.21. The van der Waals surface area contributed by atoms with Crippen LogP contribution in [0.15, 0.2) is 47.4 Å². The number of nitrogens with one attached hydrogen (secondary N) is 1. The monoisotopic (exact) mass is 344 g/mol. The van der Waals surface area contributed by atoms with E-state index in [1.165, 1.54) is 47.4 Å². The van der Waals surface area contributed by atoms with Crippen LogP contribution in [-0.4, -0.2) is 33.2 Å². The highest BCUT2D eigenvalue weighted by molar-refractivity contribution is 5.94. The molecule has 128 valence electrons. The topological polar surface area (TPSA) is 99.2 Å². The zero-order chi connectivity index (χ0) is 17.8. The Hall–Kier alpha value is -3.49. The minimum atomic E-state index is -0.745. The molecule has 9 heteroatoms. The largest absolute Gasteiger partial charge is 0.451 e. The molecule has 3 aromatic rings. The normalized spacial score (nSPS) is 10.5. The number of esters is 1. The lowest BCUT2D eigenvalue weighted by Gasteiger charge is -2.08. The van der Waals surface area contributed by atoms with Crippen LogP contribution < -0.4 is 5.32 Å². The van der Waals surface area contributed by atoms with Crippen molar-refractivity contribution in [2.45, 2.75) is 6.92 Å². The van der Waals surface area contributed by atoms with Crippen molar-refractivity contribution >= 4 is 17.8 Å². The van der Waals surface area contributed by atoms with Crippen LogP contribution in [0.2, 0.25) is 0 Å². The van der Waals surface area contributed by atoms with Crippen molar-refractivity contribution in [3.8, 4) is 5.69 Å². The first kappa shape index (κ1) is 16.4. The lowest BCUT2D eigenvalue weighted by Crippen LogP contribution is -2.21. The average molecular weight is 344 g/mol. The molecule has 0 radical (unpaired) electrons. The zero-order valence-electron chi connectivity index (χ0n) is 13.1. The van der Waals surface area contributed by atoms with Crippen molar-refractivity contribution in [2.24, 2.45) is 0 Å². The lowest BCUT2D eigenvalue weighted by atomic mass is 10.3. The van der Waals surface area contributed by atoms with Gasteiger partial charge in [-0.05, 0) is 31.2 Å². The van der Waals surface area contributed by atoms with E-state index in [-0.39, 0.29) is 11.6 Å². The maximum atomic E-state index is 13.0. The first-order valence-corrected chi connectivity index (χ1v) is 7.21. The van der Waals surface area contributed by atoms with Crippen molar-refractivity contribution in [3.05, 3.63) is 60.1 Å². The van der Waals surface area contributed by atoms with Crippen LogP contribution in [0.1, 0.15) is 16.2 Å². The number of aromatic nitrogens is 3. The van der Waals surface area contributed by atoms with E-state index in [0.717, 1.165) is 0 Å². The number of carbonyl (C=O) groups is 2. The van der Waals surface area contributed by atoms with Crippen molar-refractivity contribution in [1.29, 1.82) is 0 Å². The fourth-order valence-corrected chi connectivity index (χ4v) is 2.05. The quantitative estimate of drug-likeness (QED) is 0.712. The molecule has 25 heavy (non-hydrogen) atoms. The smallest absolute Gasteiger partial charge is 0.357 e.